The molecule has 24 heavy (non-hydrogen) atoms. The second-order valence-corrected chi connectivity index (χ2v) is 7.62. The van der Waals surface area contributed by atoms with Crippen molar-refractivity contribution in [1.82, 2.24) is 10.3 Å². The Morgan fingerprint density at radius 3 is 2.79 bits per heavy atom. The second kappa shape index (κ2) is 6.40. The smallest absolute Gasteiger partial charge is 0.227 e. The number of para-hydroxylation sites is 1. The molecule has 0 radical (unpaired) electrons. The van der Waals surface area contributed by atoms with E-state index in [1.54, 1.807) is 17.6 Å². The number of benzene rings is 1. The topological polar surface area (TPSA) is 55.1 Å². The van der Waals surface area contributed by atoms with Gasteiger partial charge in [0.1, 0.15) is 5.76 Å². The molecular weight excluding hydrogens is 320 g/mol. The van der Waals surface area contributed by atoms with Crippen LogP contribution >= 0.6 is 11.3 Å². The van der Waals surface area contributed by atoms with Gasteiger partial charge >= 0.3 is 0 Å². The summed E-state index contributed by atoms with van der Waals surface area (Å²) in [5.41, 5.74) is 0.710. The van der Waals surface area contributed by atoms with Gasteiger partial charge in [0, 0.05) is 6.42 Å². The number of hydrogen-bond acceptors (Lipinski definition) is 4. The van der Waals surface area contributed by atoms with Crippen molar-refractivity contribution in [3.8, 4) is 0 Å². The number of furan rings is 1. The Labute approximate surface area is 144 Å². The van der Waals surface area contributed by atoms with Crippen molar-refractivity contribution in [3.63, 3.8) is 0 Å². The van der Waals surface area contributed by atoms with Crippen LogP contribution in [0, 0.1) is 5.41 Å². The SMILES string of the molecule is O=C(NCc1ccco1)C1(Cc2nc3ccccc3s2)CCCC1. The molecule has 0 aliphatic heterocycles. The van der Waals surface area contributed by atoms with Crippen LogP contribution in [0.2, 0.25) is 0 Å². The first kappa shape index (κ1) is 15.4. The van der Waals surface area contributed by atoms with Crippen molar-refractivity contribution >= 4 is 27.5 Å². The lowest BCUT2D eigenvalue weighted by atomic mass is 9.82. The normalized spacial score (nSPS) is 16.5. The first-order valence-corrected chi connectivity index (χ1v) is 9.22. The van der Waals surface area contributed by atoms with Gasteiger partial charge in [0.25, 0.3) is 0 Å². The fourth-order valence-corrected chi connectivity index (χ4v) is 4.70. The number of nitrogens with one attached hydrogen (secondary N) is 1. The zero-order valence-corrected chi connectivity index (χ0v) is 14.3. The summed E-state index contributed by atoms with van der Waals surface area (Å²) in [6.07, 6.45) is 6.46. The van der Waals surface area contributed by atoms with E-state index < -0.39 is 0 Å². The second-order valence-electron chi connectivity index (χ2n) is 6.50. The minimum absolute atomic E-state index is 0.135. The Morgan fingerprint density at radius 2 is 2.04 bits per heavy atom. The van der Waals surface area contributed by atoms with Crippen LogP contribution in [0.5, 0.6) is 0 Å². The third-order valence-electron chi connectivity index (χ3n) is 4.87. The average Bonchev–Trinajstić information content (AvgIpc) is 3.33. The highest BCUT2D eigenvalue weighted by molar-refractivity contribution is 7.18. The molecule has 1 aliphatic rings. The third-order valence-corrected chi connectivity index (χ3v) is 5.91. The van der Waals surface area contributed by atoms with Gasteiger partial charge in [0.2, 0.25) is 5.91 Å². The molecule has 0 saturated heterocycles. The molecule has 4 nitrogen and oxygen atoms in total. The molecule has 0 spiro atoms. The number of rotatable bonds is 5. The van der Waals surface area contributed by atoms with Crippen molar-refractivity contribution in [2.24, 2.45) is 5.41 Å². The molecule has 1 fully saturated rings. The number of thiazole rings is 1. The lowest BCUT2D eigenvalue weighted by Gasteiger charge is -2.26. The Bertz CT molecular complexity index is 799. The summed E-state index contributed by atoms with van der Waals surface area (Å²) >= 11 is 1.71. The van der Waals surface area contributed by atoms with Gasteiger partial charge in [-0.05, 0) is 37.1 Å². The van der Waals surface area contributed by atoms with Crippen LogP contribution in [0.1, 0.15) is 36.5 Å². The van der Waals surface area contributed by atoms with Gasteiger partial charge in [-0.15, -0.1) is 11.3 Å². The molecule has 0 atom stereocenters. The van der Waals surface area contributed by atoms with E-state index in [0.717, 1.165) is 48.4 Å². The number of aromatic nitrogens is 1. The van der Waals surface area contributed by atoms with E-state index in [2.05, 4.69) is 11.4 Å². The number of fused-ring (bicyclic) bond motifs is 1. The molecule has 0 bridgehead atoms. The Kier molecular flexibility index (Phi) is 4.10. The quantitative estimate of drug-likeness (QED) is 0.753. The fraction of sp³-hybridized carbons (Fsp3) is 0.368. The third kappa shape index (κ3) is 2.96. The van der Waals surface area contributed by atoms with Crippen LogP contribution < -0.4 is 5.32 Å². The van der Waals surface area contributed by atoms with E-state index in [0.29, 0.717) is 6.54 Å². The van der Waals surface area contributed by atoms with Crippen molar-refractivity contribution in [3.05, 3.63) is 53.4 Å². The lowest BCUT2D eigenvalue weighted by Crippen LogP contribution is -2.40. The van der Waals surface area contributed by atoms with Gasteiger partial charge in [-0.25, -0.2) is 4.98 Å². The summed E-state index contributed by atoms with van der Waals surface area (Å²) in [5, 5.41) is 4.13. The number of carbonyl (C=O) groups excluding carboxylic acids is 1. The summed E-state index contributed by atoms with van der Waals surface area (Å²) in [5.74, 6) is 0.923. The molecule has 1 N–H and O–H groups in total. The van der Waals surface area contributed by atoms with Gasteiger partial charge < -0.3 is 9.73 Å². The van der Waals surface area contributed by atoms with Crippen LogP contribution in [-0.4, -0.2) is 10.9 Å². The summed E-state index contributed by atoms with van der Waals surface area (Å²) in [6.45, 7) is 0.452. The maximum atomic E-state index is 12.9. The zero-order chi connectivity index (χ0) is 16.4. The number of nitrogens with zero attached hydrogens (tertiary/aromatic N) is 1. The molecular formula is C19H20N2O2S. The largest absolute Gasteiger partial charge is 0.467 e. The van der Waals surface area contributed by atoms with Gasteiger partial charge in [-0.2, -0.15) is 0 Å². The van der Waals surface area contributed by atoms with E-state index >= 15 is 0 Å². The van der Waals surface area contributed by atoms with Gasteiger partial charge in [0.15, 0.2) is 0 Å². The van der Waals surface area contributed by atoms with Crippen LogP contribution in [-0.2, 0) is 17.8 Å². The van der Waals surface area contributed by atoms with E-state index in [-0.39, 0.29) is 11.3 Å². The standard InChI is InChI=1S/C19H20N2O2S/c22-18(20-13-14-6-5-11-23-14)19(9-3-4-10-19)12-17-21-15-7-1-2-8-16(15)24-17/h1-2,5-8,11H,3-4,9-10,12-13H2,(H,20,22). The number of amides is 1. The van der Waals surface area contributed by atoms with Crippen LogP contribution in [0.3, 0.4) is 0 Å². The molecule has 1 aromatic carbocycles. The predicted octanol–water partition coefficient (Wildman–Crippen LogP) is 4.31. The Hall–Kier alpha value is -2.14. The summed E-state index contributed by atoms with van der Waals surface area (Å²) in [6, 6.07) is 11.9. The molecule has 2 heterocycles. The maximum absolute atomic E-state index is 12.9. The molecule has 4 rings (SSSR count). The fourth-order valence-electron chi connectivity index (χ4n) is 3.59. The molecule has 1 saturated carbocycles. The minimum Gasteiger partial charge on any atom is -0.467 e. The van der Waals surface area contributed by atoms with Gasteiger partial charge in [-0.3, -0.25) is 4.79 Å². The first-order chi connectivity index (χ1) is 11.8. The molecule has 2 aromatic heterocycles. The predicted molar refractivity (Wildman–Crippen MR) is 94.8 cm³/mol. The molecule has 3 aromatic rings. The van der Waals surface area contributed by atoms with Crippen molar-refractivity contribution in [2.45, 2.75) is 38.6 Å². The molecule has 0 unspecified atom stereocenters. The van der Waals surface area contributed by atoms with Crippen molar-refractivity contribution < 1.29 is 9.21 Å². The highest BCUT2D eigenvalue weighted by atomic mass is 32.1. The van der Waals surface area contributed by atoms with E-state index in [1.807, 2.05) is 30.3 Å². The van der Waals surface area contributed by atoms with Gasteiger partial charge in [-0.1, -0.05) is 25.0 Å². The monoisotopic (exact) mass is 340 g/mol. The van der Waals surface area contributed by atoms with Crippen molar-refractivity contribution in [1.29, 1.82) is 0 Å². The van der Waals surface area contributed by atoms with Gasteiger partial charge in [0.05, 0.1) is 33.4 Å². The lowest BCUT2D eigenvalue weighted by molar-refractivity contribution is -0.131. The summed E-state index contributed by atoms with van der Waals surface area (Å²) < 4.78 is 6.50. The van der Waals surface area contributed by atoms with Crippen LogP contribution in [0.15, 0.2) is 47.1 Å². The van der Waals surface area contributed by atoms with E-state index in [4.69, 9.17) is 9.40 Å². The Balaban J connectivity index is 1.52. The number of carbonyl (C=O) groups is 1. The van der Waals surface area contributed by atoms with Crippen molar-refractivity contribution in [2.75, 3.05) is 0 Å². The van der Waals surface area contributed by atoms with E-state index in [1.165, 1.54) is 4.70 Å². The highest BCUT2D eigenvalue weighted by Crippen LogP contribution is 2.42. The molecule has 5 heteroatoms. The highest BCUT2D eigenvalue weighted by Gasteiger charge is 2.41. The Morgan fingerprint density at radius 1 is 1.21 bits per heavy atom. The zero-order valence-electron chi connectivity index (χ0n) is 13.5. The summed E-state index contributed by atoms with van der Waals surface area (Å²) in [7, 11) is 0. The first-order valence-electron chi connectivity index (χ1n) is 8.40. The van der Waals surface area contributed by atoms with E-state index in [9.17, 15) is 4.79 Å². The average molecular weight is 340 g/mol. The van der Waals surface area contributed by atoms with Crippen LogP contribution in [0.25, 0.3) is 10.2 Å². The number of hydrogen-bond donors (Lipinski definition) is 1. The maximum Gasteiger partial charge on any atom is 0.227 e. The summed E-state index contributed by atoms with van der Waals surface area (Å²) in [4.78, 5) is 17.6. The molecule has 1 aliphatic carbocycles. The molecule has 1 amide bonds. The van der Waals surface area contributed by atoms with Crippen LogP contribution in [0.4, 0.5) is 0 Å². The minimum atomic E-state index is -0.319. The molecule has 124 valence electrons.